The lowest BCUT2D eigenvalue weighted by Crippen LogP contribution is -2.41. The minimum Gasteiger partial charge on any atom is -0.378 e. The van der Waals surface area contributed by atoms with Crippen LogP contribution in [0.5, 0.6) is 0 Å². The average molecular weight is 463 g/mol. The van der Waals surface area contributed by atoms with Gasteiger partial charge in [0.2, 0.25) is 0 Å². The van der Waals surface area contributed by atoms with Crippen LogP contribution in [0.2, 0.25) is 5.02 Å². The van der Waals surface area contributed by atoms with Crippen LogP contribution in [0.25, 0.3) is 0 Å². The summed E-state index contributed by atoms with van der Waals surface area (Å²) in [6.45, 7) is 6.19. The van der Waals surface area contributed by atoms with Crippen LogP contribution >= 0.6 is 11.6 Å². The monoisotopic (exact) mass is 462 g/mol. The Bertz CT molecular complexity index is 1160. The third-order valence-corrected chi connectivity index (χ3v) is 6.47. The number of halogens is 1. The van der Waals surface area contributed by atoms with Crippen LogP contribution in [0.15, 0.2) is 48.5 Å². The van der Waals surface area contributed by atoms with Crippen molar-refractivity contribution in [2.45, 2.75) is 26.3 Å². The summed E-state index contributed by atoms with van der Waals surface area (Å²) in [4.78, 5) is 27.3. The van der Waals surface area contributed by atoms with Crippen molar-refractivity contribution >= 4 is 23.3 Å². The summed E-state index contributed by atoms with van der Waals surface area (Å²) in [5, 5.41) is 0.625. The summed E-state index contributed by atoms with van der Waals surface area (Å²) >= 11 is 6.00. The molecule has 0 spiro atoms. The zero-order valence-electron chi connectivity index (χ0n) is 18.8. The van der Waals surface area contributed by atoms with Crippen molar-refractivity contribution in [3.8, 4) is 0 Å². The average Bonchev–Trinajstić information content (AvgIpc) is 2.84. The lowest BCUT2D eigenvalue weighted by atomic mass is 10.0. The van der Waals surface area contributed by atoms with E-state index in [-0.39, 0.29) is 5.91 Å². The number of aromatic nitrogens is 2. The van der Waals surface area contributed by atoms with Crippen LogP contribution in [-0.2, 0) is 24.1 Å². The van der Waals surface area contributed by atoms with Crippen molar-refractivity contribution in [1.29, 1.82) is 0 Å². The van der Waals surface area contributed by atoms with Gasteiger partial charge >= 0.3 is 0 Å². The highest BCUT2D eigenvalue weighted by Crippen LogP contribution is 2.29. The van der Waals surface area contributed by atoms with Gasteiger partial charge in [-0.15, -0.1) is 0 Å². The van der Waals surface area contributed by atoms with Gasteiger partial charge in [-0.3, -0.25) is 4.79 Å². The summed E-state index contributed by atoms with van der Waals surface area (Å²) in [5.41, 5.74) is 5.19. The maximum atomic E-state index is 13.2. The first kappa shape index (κ1) is 21.9. The molecule has 7 heteroatoms. The molecule has 3 heterocycles. The Hall–Kier alpha value is -2.96. The molecule has 1 fully saturated rings. The SMILES string of the molecule is Cc1cccc(Cc2nc3c(c(N4CCOCC4)n2)CN(C(=O)c2ccc(Cl)cc2)CC3)c1. The third kappa shape index (κ3) is 4.87. The molecule has 0 bridgehead atoms. The Morgan fingerprint density at radius 1 is 1.06 bits per heavy atom. The number of carbonyl (C=O) groups excluding carboxylic acids is 1. The van der Waals surface area contributed by atoms with Gasteiger partial charge in [0.05, 0.1) is 25.5 Å². The Morgan fingerprint density at radius 2 is 1.85 bits per heavy atom. The number of aryl methyl sites for hydroxylation is 1. The van der Waals surface area contributed by atoms with E-state index in [1.54, 1.807) is 24.3 Å². The zero-order chi connectivity index (χ0) is 22.8. The summed E-state index contributed by atoms with van der Waals surface area (Å²) in [6, 6.07) is 15.6. The second kappa shape index (κ2) is 9.49. The number of hydrogen-bond donors (Lipinski definition) is 0. The van der Waals surface area contributed by atoms with E-state index >= 15 is 0 Å². The van der Waals surface area contributed by atoms with E-state index in [2.05, 4.69) is 36.1 Å². The van der Waals surface area contributed by atoms with Gasteiger partial charge in [-0.2, -0.15) is 0 Å². The number of ether oxygens (including phenoxy) is 1. The maximum Gasteiger partial charge on any atom is 0.254 e. The number of amides is 1. The third-order valence-electron chi connectivity index (χ3n) is 6.22. The Kier molecular flexibility index (Phi) is 6.29. The maximum absolute atomic E-state index is 13.2. The quantitative estimate of drug-likeness (QED) is 0.585. The van der Waals surface area contributed by atoms with Crippen LogP contribution in [0, 0.1) is 6.92 Å². The summed E-state index contributed by atoms with van der Waals surface area (Å²) < 4.78 is 5.57. The molecule has 6 nitrogen and oxygen atoms in total. The van der Waals surface area contributed by atoms with Gasteiger partial charge in [0.25, 0.3) is 5.91 Å². The van der Waals surface area contributed by atoms with E-state index in [0.29, 0.717) is 43.3 Å². The zero-order valence-corrected chi connectivity index (χ0v) is 19.5. The number of morpholine rings is 1. The molecule has 2 aliphatic rings. The first-order valence-electron chi connectivity index (χ1n) is 11.4. The topological polar surface area (TPSA) is 58.6 Å². The molecule has 0 unspecified atom stereocenters. The number of anilines is 1. The van der Waals surface area contributed by atoms with E-state index in [1.807, 2.05) is 4.90 Å². The molecule has 1 amide bonds. The van der Waals surface area contributed by atoms with Crippen molar-refractivity contribution in [1.82, 2.24) is 14.9 Å². The van der Waals surface area contributed by atoms with Crippen LogP contribution in [-0.4, -0.2) is 53.6 Å². The highest BCUT2D eigenvalue weighted by Gasteiger charge is 2.28. The number of nitrogens with zero attached hydrogens (tertiary/aromatic N) is 4. The highest BCUT2D eigenvalue weighted by molar-refractivity contribution is 6.30. The molecule has 0 N–H and O–H groups in total. The fourth-order valence-corrected chi connectivity index (χ4v) is 4.64. The number of carbonyl (C=O) groups is 1. The van der Waals surface area contributed by atoms with Gasteiger partial charge in [0.1, 0.15) is 11.6 Å². The van der Waals surface area contributed by atoms with Crippen molar-refractivity contribution in [3.05, 3.63) is 87.3 Å². The van der Waals surface area contributed by atoms with Gasteiger partial charge in [-0.25, -0.2) is 9.97 Å². The van der Waals surface area contributed by atoms with Gasteiger partial charge in [0, 0.05) is 48.6 Å². The predicted octanol–water partition coefficient (Wildman–Crippen LogP) is 4.06. The lowest BCUT2D eigenvalue weighted by molar-refractivity contribution is 0.0733. The molecule has 5 rings (SSSR count). The van der Waals surface area contributed by atoms with Crippen molar-refractivity contribution in [2.24, 2.45) is 0 Å². The van der Waals surface area contributed by atoms with Crippen LogP contribution in [0.1, 0.15) is 38.6 Å². The van der Waals surface area contributed by atoms with E-state index in [9.17, 15) is 4.79 Å². The second-order valence-corrected chi connectivity index (χ2v) is 9.07. The predicted molar refractivity (Wildman–Crippen MR) is 129 cm³/mol. The molecule has 0 radical (unpaired) electrons. The summed E-state index contributed by atoms with van der Waals surface area (Å²) in [7, 11) is 0. The molecule has 0 saturated carbocycles. The molecule has 170 valence electrons. The first-order valence-corrected chi connectivity index (χ1v) is 11.8. The van der Waals surface area contributed by atoms with Crippen molar-refractivity contribution in [2.75, 3.05) is 37.7 Å². The largest absolute Gasteiger partial charge is 0.378 e. The molecule has 3 aromatic rings. The molecule has 0 aliphatic carbocycles. The molecular weight excluding hydrogens is 436 g/mol. The number of fused-ring (bicyclic) bond motifs is 1. The molecule has 33 heavy (non-hydrogen) atoms. The number of benzene rings is 2. The normalized spacial score (nSPS) is 15.9. The molecule has 2 aromatic carbocycles. The van der Waals surface area contributed by atoms with E-state index < -0.39 is 0 Å². The standard InChI is InChI=1S/C26H27ClN4O2/c1-18-3-2-4-19(15-18)16-24-28-23-9-10-31(26(32)20-5-7-21(27)8-6-20)17-22(23)25(29-24)30-11-13-33-14-12-30/h2-8,15H,9-14,16-17H2,1H3. The van der Waals surface area contributed by atoms with Gasteiger partial charge in [-0.1, -0.05) is 41.4 Å². The molecule has 1 aromatic heterocycles. The lowest BCUT2D eigenvalue weighted by Gasteiger charge is -2.34. The minimum atomic E-state index is 0.00841. The Morgan fingerprint density at radius 3 is 2.61 bits per heavy atom. The van der Waals surface area contributed by atoms with Gasteiger partial charge < -0.3 is 14.5 Å². The van der Waals surface area contributed by atoms with Crippen LogP contribution < -0.4 is 4.90 Å². The van der Waals surface area contributed by atoms with E-state index in [4.69, 9.17) is 26.3 Å². The Balaban J connectivity index is 1.46. The summed E-state index contributed by atoms with van der Waals surface area (Å²) in [6.07, 6.45) is 1.41. The number of hydrogen-bond acceptors (Lipinski definition) is 5. The van der Waals surface area contributed by atoms with Crippen molar-refractivity contribution < 1.29 is 9.53 Å². The minimum absolute atomic E-state index is 0.00841. The van der Waals surface area contributed by atoms with Crippen LogP contribution in [0.4, 0.5) is 5.82 Å². The second-order valence-electron chi connectivity index (χ2n) is 8.64. The highest BCUT2D eigenvalue weighted by atomic mass is 35.5. The van der Waals surface area contributed by atoms with Crippen molar-refractivity contribution in [3.63, 3.8) is 0 Å². The molecular formula is C26H27ClN4O2. The van der Waals surface area contributed by atoms with Gasteiger partial charge in [0.15, 0.2) is 0 Å². The first-order chi connectivity index (χ1) is 16.1. The van der Waals surface area contributed by atoms with E-state index in [0.717, 1.165) is 42.4 Å². The fraction of sp³-hybridized carbons (Fsp3) is 0.346. The van der Waals surface area contributed by atoms with E-state index in [1.165, 1.54) is 11.1 Å². The molecule has 2 aliphatic heterocycles. The molecule has 0 atom stereocenters. The summed E-state index contributed by atoms with van der Waals surface area (Å²) in [5.74, 6) is 1.78. The number of rotatable bonds is 4. The Labute approximate surface area is 199 Å². The fourth-order valence-electron chi connectivity index (χ4n) is 4.52. The van der Waals surface area contributed by atoms with Gasteiger partial charge in [-0.05, 0) is 36.8 Å². The smallest absolute Gasteiger partial charge is 0.254 e. The molecule has 1 saturated heterocycles. The van der Waals surface area contributed by atoms with Crippen LogP contribution in [0.3, 0.4) is 0 Å².